The zero-order chi connectivity index (χ0) is 31.2. The molecule has 1 aliphatic heterocycles. The molecule has 4 atom stereocenters. The van der Waals surface area contributed by atoms with E-state index in [1.807, 2.05) is 13.1 Å². The van der Waals surface area contributed by atoms with Crippen LogP contribution in [0.2, 0.25) is 0 Å². The quantitative estimate of drug-likeness (QED) is 0.250. The van der Waals surface area contributed by atoms with Crippen molar-refractivity contribution in [1.29, 1.82) is 0 Å². The third-order valence-electron chi connectivity index (χ3n) is 11.1. The van der Waals surface area contributed by atoms with Crippen LogP contribution < -0.4 is 0 Å². The van der Waals surface area contributed by atoms with Gasteiger partial charge in [-0.1, -0.05) is 64.5 Å². The van der Waals surface area contributed by atoms with Crippen LogP contribution in [-0.2, 0) is 17.8 Å². The van der Waals surface area contributed by atoms with E-state index >= 15 is 0 Å². The summed E-state index contributed by atoms with van der Waals surface area (Å²) in [6, 6.07) is 9.24. The Labute approximate surface area is 265 Å². The number of carbonyl (C=O) groups is 1. The highest BCUT2D eigenvalue weighted by molar-refractivity contribution is 5.73. The summed E-state index contributed by atoms with van der Waals surface area (Å²) >= 11 is 0. The van der Waals surface area contributed by atoms with Crippen molar-refractivity contribution in [3.05, 3.63) is 53.1 Å². The number of hydrogen-bond acceptors (Lipinski definition) is 4. The number of rotatable bonds is 12. The number of likely N-dealkylation sites (N-methyl/N-ethyl adjacent to an activating group) is 1. The van der Waals surface area contributed by atoms with Gasteiger partial charge < -0.3 is 10.0 Å². The van der Waals surface area contributed by atoms with E-state index in [9.17, 15) is 14.3 Å². The second-order valence-corrected chi connectivity index (χ2v) is 14.7. The number of halogens is 1. The smallest absolute Gasteiger partial charge is 0.320 e. The third-order valence-corrected chi connectivity index (χ3v) is 11.1. The van der Waals surface area contributed by atoms with Crippen LogP contribution in [0.3, 0.4) is 0 Å². The molecule has 1 N–H and O–H groups in total. The number of aromatic nitrogens is 2. The molecule has 3 aliphatic rings. The number of piperidine rings is 1. The van der Waals surface area contributed by atoms with E-state index < -0.39 is 12.0 Å². The van der Waals surface area contributed by atoms with Crippen molar-refractivity contribution in [2.24, 2.45) is 17.8 Å². The summed E-state index contributed by atoms with van der Waals surface area (Å²) in [6.45, 7) is 10.4. The molecule has 0 amide bonds. The van der Waals surface area contributed by atoms with Gasteiger partial charge in [0.1, 0.15) is 11.9 Å². The van der Waals surface area contributed by atoms with Crippen LogP contribution in [0, 0.1) is 23.6 Å². The summed E-state index contributed by atoms with van der Waals surface area (Å²) < 4.78 is 16.6. The fourth-order valence-corrected chi connectivity index (χ4v) is 8.69. The van der Waals surface area contributed by atoms with Crippen molar-refractivity contribution in [3.63, 3.8) is 0 Å². The van der Waals surface area contributed by atoms with Crippen LogP contribution in [0.1, 0.15) is 120 Å². The van der Waals surface area contributed by atoms with Gasteiger partial charge in [0.25, 0.3) is 0 Å². The van der Waals surface area contributed by atoms with Gasteiger partial charge in [-0.2, -0.15) is 5.10 Å². The Morgan fingerprint density at radius 2 is 1.80 bits per heavy atom. The van der Waals surface area contributed by atoms with E-state index in [1.165, 1.54) is 56.0 Å². The Morgan fingerprint density at radius 3 is 2.43 bits per heavy atom. The van der Waals surface area contributed by atoms with Crippen molar-refractivity contribution in [3.8, 4) is 0 Å². The largest absolute Gasteiger partial charge is 0.480 e. The molecule has 0 spiro atoms. The van der Waals surface area contributed by atoms with E-state index in [1.54, 1.807) is 6.07 Å². The van der Waals surface area contributed by atoms with Gasteiger partial charge in [0.15, 0.2) is 0 Å². The lowest BCUT2D eigenvalue weighted by molar-refractivity contribution is -0.144. The number of carboxylic acid groups (broad SMARTS) is 1. The zero-order valence-corrected chi connectivity index (χ0v) is 27.8. The Hall–Kier alpha value is -2.25. The normalized spacial score (nSPS) is 25.1. The molecule has 244 valence electrons. The summed E-state index contributed by atoms with van der Waals surface area (Å²) in [6.07, 6.45) is 14.1. The van der Waals surface area contributed by atoms with Gasteiger partial charge in [0.05, 0.1) is 5.69 Å². The maximum absolute atomic E-state index is 14.4. The number of benzene rings is 1. The molecule has 3 unspecified atom stereocenters. The molecule has 5 rings (SSSR count). The Kier molecular flexibility index (Phi) is 11.6. The highest BCUT2D eigenvalue weighted by Gasteiger charge is 2.41. The molecule has 44 heavy (non-hydrogen) atoms. The predicted molar refractivity (Wildman–Crippen MR) is 176 cm³/mol. The molecule has 1 aromatic heterocycles. The number of hydrogen-bond donors (Lipinski definition) is 1. The number of aliphatic carboxylic acids is 1. The van der Waals surface area contributed by atoms with Crippen molar-refractivity contribution in [1.82, 2.24) is 19.6 Å². The van der Waals surface area contributed by atoms with Crippen LogP contribution in [0.5, 0.6) is 0 Å². The number of aryl methyl sites for hydroxylation is 1. The Balaban J connectivity index is 1.23. The summed E-state index contributed by atoms with van der Waals surface area (Å²) in [5, 5.41) is 15.1. The topological polar surface area (TPSA) is 61.6 Å². The first-order valence-corrected chi connectivity index (χ1v) is 17.7. The van der Waals surface area contributed by atoms with Gasteiger partial charge in [0, 0.05) is 30.7 Å². The second-order valence-electron chi connectivity index (χ2n) is 14.7. The van der Waals surface area contributed by atoms with Crippen molar-refractivity contribution < 1.29 is 14.3 Å². The number of nitrogens with zero attached hydrogens (tertiary/aromatic N) is 4. The van der Waals surface area contributed by atoms with Gasteiger partial charge in [-0.05, 0) is 113 Å². The molecule has 2 heterocycles. The first kappa shape index (κ1) is 33.1. The molecule has 1 saturated heterocycles. The highest BCUT2D eigenvalue weighted by Crippen LogP contribution is 2.43. The minimum absolute atomic E-state index is 0.177. The Bertz CT molecular complexity index is 1200. The zero-order valence-electron chi connectivity index (χ0n) is 27.8. The molecule has 6 nitrogen and oxygen atoms in total. The minimum atomic E-state index is -0.738. The number of carboxylic acids is 1. The fraction of sp³-hybridized carbons (Fsp3) is 0.730. The van der Waals surface area contributed by atoms with E-state index in [-0.39, 0.29) is 17.8 Å². The first-order chi connectivity index (χ1) is 21.2. The molecule has 0 bridgehead atoms. The molecule has 2 aliphatic carbocycles. The summed E-state index contributed by atoms with van der Waals surface area (Å²) in [5.41, 5.74) is 3.79. The second kappa shape index (κ2) is 15.4. The molecule has 2 saturated carbocycles. The van der Waals surface area contributed by atoms with Crippen LogP contribution in [0.25, 0.3) is 0 Å². The van der Waals surface area contributed by atoms with Crippen LogP contribution in [0.4, 0.5) is 4.39 Å². The molecule has 7 heteroatoms. The molecular formula is C37H57FN4O2. The van der Waals surface area contributed by atoms with Gasteiger partial charge >= 0.3 is 5.97 Å². The Morgan fingerprint density at radius 1 is 1.07 bits per heavy atom. The molecule has 2 aromatic rings. The van der Waals surface area contributed by atoms with Gasteiger partial charge in [-0.25, -0.2) is 4.39 Å². The highest BCUT2D eigenvalue weighted by atomic mass is 19.1. The lowest BCUT2D eigenvalue weighted by atomic mass is 9.87. The average molecular weight is 609 g/mol. The van der Waals surface area contributed by atoms with Gasteiger partial charge in [0.2, 0.25) is 0 Å². The van der Waals surface area contributed by atoms with Gasteiger partial charge in [-0.15, -0.1) is 0 Å². The predicted octanol–water partition coefficient (Wildman–Crippen LogP) is 7.73. The summed E-state index contributed by atoms with van der Waals surface area (Å²) in [7, 11) is 1.99. The molecular weight excluding hydrogens is 551 g/mol. The van der Waals surface area contributed by atoms with Crippen molar-refractivity contribution in [2.75, 3.05) is 26.7 Å². The summed E-state index contributed by atoms with van der Waals surface area (Å²) in [4.78, 5) is 17.0. The lowest BCUT2D eigenvalue weighted by Gasteiger charge is -2.35. The van der Waals surface area contributed by atoms with E-state index in [2.05, 4.69) is 47.4 Å². The van der Waals surface area contributed by atoms with Crippen molar-refractivity contribution in [2.45, 2.75) is 128 Å². The van der Waals surface area contributed by atoms with E-state index in [4.69, 9.17) is 5.10 Å². The van der Waals surface area contributed by atoms with Crippen LogP contribution in [0.15, 0.2) is 30.3 Å². The fourth-order valence-electron chi connectivity index (χ4n) is 8.69. The lowest BCUT2D eigenvalue weighted by Crippen LogP contribution is -2.45. The third kappa shape index (κ3) is 8.31. The maximum Gasteiger partial charge on any atom is 0.320 e. The molecule has 1 aromatic carbocycles. The van der Waals surface area contributed by atoms with Gasteiger partial charge in [-0.3, -0.25) is 14.4 Å². The van der Waals surface area contributed by atoms with Crippen molar-refractivity contribution >= 4 is 5.97 Å². The minimum Gasteiger partial charge on any atom is -0.480 e. The average Bonchev–Trinajstić information content (AvgIpc) is 3.52. The molecule has 3 fully saturated rings. The van der Waals surface area contributed by atoms with Crippen LogP contribution in [-0.4, -0.2) is 69.4 Å². The van der Waals surface area contributed by atoms with Crippen LogP contribution >= 0.6 is 0 Å². The molecule has 0 radical (unpaired) electrons. The maximum atomic E-state index is 14.4. The van der Waals surface area contributed by atoms with E-state index in [0.29, 0.717) is 24.2 Å². The van der Waals surface area contributed by atoms with E-state index in [0.717, 1.165) is 69.8 Å². The standard InChI is InChI=1S/C37H57FN4O2/c1-5-42-35(23-32(39-42)20-27-11-8-6-7-9-12-27)28-15-17-41(18-16-28)25-30-22-33(40(4)36(37(43)44)19-26(2)3)24-34(30)29-13-10-14-31(38)21-29/h10,13-14,21,23,26-28,30,33-34,36H,5-9,11-12,15-20,22,24-25H2,1-4H3,(H,43,44)/t30?,33?,34?,36-/m1/s1. The summed E-state index contributed by atoms with van der Waals surface area (Å²) in [5.74, 6) is 1.34. The first-order valence-electron chi connectivity index (χ1n) is 17.7. The monoisotopic (exact) mass is 608 g/mol. The SMILES string of the molecule is CCn1nc(CC2CCCCCC2)cc1C1CCN(CC2CC(N(C)[C@H](CC(C)C)C(=O)O)CC2c2cccc(F)c2)CC1. The number of likely N-dealkylation sites (tertiary alicyclic amines) is 1.